The average Bonchev–Trinajstić information content (AvgIpc) is 2.76. The molecule has 0 bridgehead atoms. The molecule has 3 N–H and O–H groups in total. The number of aliphatic imine (C=N–C) groups is 1. The SMILES string of the molecule is CCNC(=NCCCCN1CCN(c2ccccc2)CC1)NCCNC(=O)OC(C)(C)C. The standard InChI is InChI=1S/C24H42N6O2/c1-5-25-22(27-14-15-28-23(31)32-24(2,3)4)26-13-9-10-16-29-17-19-30(20-18-29)21-11-7-6-8-12-21/h6-8,11-12H,5,9-10,13-20H2,1-4H3,(H,28,31)(H2,25,26,27). The molecule has 0 saturated carbocycles. The van der Waals surface area contributed by atoms with Gasteiger partial charge < -0.3 is 25.6 Å². The number of ether oxygens (including phenoxy) is 1. The number of alkyl carbamates (subject to hydrolysis) is 1. The number of benzene rings is 1. The summed E-state index contributed by atoms with van der Waals surface area (Å²) in [4.78, 5) is 21.3. The monoisotopic (exact) mass is 446 g/mol. The van der Waals surface area contributed by atoms with Crippen LogP contribution in [-0.2, 0) is 4.74 Å². The molecule has 180 valence electrons. The Morgan fingerprint density at radius 1 is 1.00 bits per heavy atom. The summed E-state index contributed by atoms with van der Waals surface area (Å²) in [5, 5.41) is 9.25. The highest BCUT2D eigenvalue weighted by Crippen LogP contribution is 2.15. The van der Waals surface area contributed by atoms with Gasteiger partial charge in [0.25, 0.3) is 0 Å². The highest BCUT2D eigenvalue weighted by molar-refractivity contribution is 5.79. The van der Waals surface area contributed by atoms with Gasteiger partial charge in [-0.15, -0.1) is 0 Å². The Balaban J connectivity index is 1.57. The second kappa shape index (κ2) is 13.8. The van der Waals surface area contributed by atoms with E-state index in [4.69, 9.17) is 4.74 Å². The van der Waals surface area contributed by atoms with Crippen LogP contribution in [0, 0.1) is 0 Å². The summed E-state index contributed by atoms with van der Waals surface area (Å²) in [5.41, 5.74) is 0.842. The van der Waals surface area contributed by atoms with Crippen LogP contribution in [0.25, 0.3) is 0 Å². The number of hydrogen-bond acceptors (Lipinski definition) is 5. The van der Waals surface area contributed by atoms with E-state index in [1.165, 1.54) is 5.69 Å². The van der Waals surface area contributed by atoms with Crippen LogP contribution < -0.4 is 20.9 Å². The zero-order valence-electron chi connectivity index (χ0n) is 20.3. The van der Waals surface area contributed by atoms with Crippen molar-refractivity contribution in [1.82, 2.24) is 20.9 Å². The van der Waals surface area contributed by atoms with E-state index in [0.29, 0.717) is 13.1 Å². The molecule has 2 rings (SSSR count). The summed E-state index contributed by atoms with van der Waals surface area (Å²) in [6, 6.07) is 10.7. The fourth-order valence-corrected chi connectivity index (χ4v) is 3.51. The third kappa shape index (κ3) is 10.7. The molecule has 1 amide bonds. The maximum atomic E-state index is 11.7. The molecule has 0 spiro atoms. The minimum atomic E-state index is -0.483. The quantitative estimate of drug-likeness (QED) is 0.291. The Kier molecular flexibility index (Phi) is 11.1. The largest absolute Gasteiger partial charge is 0.444 e. The van der Waals surface area contributed by atoms with Crippen molar-refractivity contribution < 1.29 is 9.53 Å². The molecule has 0 atom stereocenters. The summed E-state index contributed by atoms with van der Waals surface area (Å²) in [7, 11) is 0. The molecule has 0 aliphatic carbocycles. The summed E-state index contributed by atoms with van der Waals surface area (Å²) < 4.78 is 5.23. The number of nitrogens with zero attached hydrogens (tertiary/aromatic N) is 3. The van der Waals surface area contributed by atoms with E-state index >= 15 is 0 Å². The fraction of sp³-hybridized carbons (Fsp3) is 0.667. The molecule has 1 aliphatic heterocycles. The predicted octanol–water partition coefficient (Wildman–Crippen LogP) is 2.67. The highest BCUT2D eigenvalue weighted by atomic mass is 16.6. The molecule has 1 fully saturated rings. The van der Waals surface area contributed by atoms with Gasteiger partial charge in [-0.2, -0.15) is 0 Å². The molecule has 1 aromatic rings. The third-order valence-corrected chi connectivity index (χ3v) is 5.08. The minimum absolute atomic E-state index is 0.397. The number of nitrogens with one attached hydrogen (secondary N) is 3. The Bertz CT molecular complexity index is 681. The molecule has 1 saturated heterocycles. The van der Waals surface area contributed by atoms with Crippen LogP contribution in [0.5, 0.6) is 0 Å². The van der Waals surface area contributed by atoms with Gasteiger partial charge in [-0.3, -0.25) is 9.89 Å². The summed E-state index contributed by atoms with van der Waals surface area (Å²) >= 11 is 0. The van der Waals surface area contributed by atoms with E-state index in [1.807, 2.05) is 27.7 Å². The zero-order valence-corrected chi connectivity index (χ0v) is 20.3. The number of hydrogen-bond donors (Lipinski definition) is 3. The van der Waals surface area contributed by atoms with Crippen LogP contribution in [0.15, 0.2) is 35.3 Å². The molecule has 0 radical (unpaired) electrons. The summed E-state index contributed by atoms with van der Waals surface area (Å²) in [6.45, 7) is 15.8. The number of guanidine groups is 1. The van der Waals surface area contributed by atoms with Crippen molar-refractivity contribution in [1.29, 1.82) is 0 Å². The first-order valence-corrected chi connectivity index (χ1v) is 11.9. The Labute approximate surface area is 193 Å². The average molecular weight is 447 g/mol. The molecule has 1 heterocycles. The lowest BCUT2D eigenvalue weighted by Crippen LogP contribution is -2.46. The topological polar surface area (TPSA) is 81.2 Å². The fourth-order valence-electron chi connectivity index (χ4n) is 3.51. The van der Waals surface area contributed by atoms with E-state index in [1.54, 1.807) is 0 Å². The molecular weight excluding hydrogens is 404 g/mol. The molecular formula is C24H42N6O2. The van der Waals surface area contributed by atoms with E-state index in [0.717, 1.165) is 64.6 Å². The van der Waals surface area contributed by atoms with Crippen molar-refractivity contribution in [3.05, 3.63) is 30.3 Å². The lowest BCUT2D eigenvalue weighted by atomic mass is 10.2. The molecule has 0 aromatic heterocycles. The first-order valence-electron chi connectivity index (χ1n) is 11.9. The molecule has 8 heteroatoms. The van der Waals surface area contributed by atoms with Gasteiger partial charge in [-0.25, -0.2) is 4.79 Å². The van der Waals surface area contributed by atoms with Gasteiger partial charge in [-0.1, -0.05) is 18.2 Å². The van der Waals surface area contributed by atoms with E-state index in [-0.39, 0.29) is 0 Å². The van der Waals surface area contributed by atoms with E-state index < -0.39 is 11.7 Å². The van der Waals surface area contributed by atoms with Crippen molar-refractivity contribution in [3.8, 4) is 0 Å². The van der Waals surface area contributed by atoms with Crippen LogP contribution in [0.4, 0.5) is 10.5 Å². The van der Waals surface area contributed by atoms with Gasteiger partial charge in [0.15, 0.2) is 5.96 Å². The maximum Gasteiger partial charge on any atom is 0.407 e. The summed E-state index contributed by atoms with van der Waals surface area (Å²) in [5.74, 6) is 0.787. The maximum absolute atomic E-state index is 11.7. The number of unbranched alkanes of at least 4 members (excludes halogenated alkanes) is 1. The first-order chi connectivity index (χ1) is 15.4. The predicted molar refractivity (Wildman–Crippen MR) is 133 cm³/mol. The molecule has 0 unspecified atom stereocenters. The van der Waals surface area contributed by atoms with Crippen LogP contribution in [-0.4, -0.2) is 81.5 Å². The number of para-hydroxylation sites is 1. The lowest BCUT2D eigenvalue weighted by Gasteiger charge is -2.36. The number of anilines is 1. The van der Waals surface area contributed by atoms with Gasteiger partial charge in [0.2, 0.25) is 0 Å². The molecule has 1 aromatic carbocycles. The Hall–Kier alpha value is -2.48. The molecule has 8 nitrogen and oxygen atoms in total. The van der Waals surface area contributed by atoms with Gasteiger partial charge in [-0.05, 0) is 59.2 Å². The highest BCUT2D eigenvalue weighted by Gasteiger charge is 2.17. The zero-order chi connectivity index (χ0) is 23.2. The lowest BCUT2D eigenvalue weighted by molar-refractivity contribution is 0.0529. The van der Waals surface area contributed by atoms with Gasteiger partial charge in [0, 0.05) is 58.0 Å². The number of rotatable bonds is 10. The normalized spacial score (nSPS) is 15.4. The van der Waals surface area contributed by atoms with Crippen LogP contribution >= 0.6 is 0 Å². The van der Waals surface area contributed by atoms with Crippen molar-refractivity contribution in [2.75, 3.05) is 63.8 Å². The summed E-state index contributed by atoms with van der Waals surface area (Å²) in [6.07, 6.45) is 1.81. The number of carbonyl (C=O) groups excluding carboxylic acids is 1. The number of amides is 1. The molecule has 32 heavy (non-hydrogen) atoms. The minimum Gasteiger partial charge on any atom is -0.444 e. The van der Waals surface area contributed by atoms with E-state index in [9.17, 15) is 4.79 Å². The van der Waals surface area contributed by atoms with Gasteiger partial charge >= 0.3 is 6.09 Å². The first kappa shape index (κ1) is 25.8. The van der Waals surface area contributed by atoms with E-state index in [2.05, 4.69) is 61.1 Å². The Morgan fingerprint density at radius 3 is 2.34 bits per heavy atom. The van der Waals surface area contributed by atoms with Crippen molar-refractivity contribution in [3.63, 3.8) is 0 Å². The van der Waals surface area contributed by atoms with Crippen LogP contribution in [0.1, 0.15) is 40.5 Å². The van der Waals surface area contributed by atoms with Gasteiger partial charge in [0.05, 0.1) is 0 Å². The number of carbonyl (C=O) groups is 1. The van der Waals surface area contributed by atoms with Crippen molar-refractivity contribution in [2.45, 2.75) is 46.1 Å². The van der Waals surface area contributed by atoms with Crippen LogP contribution in [0.2, 0.25) is 0 Å². The van der Waals surface area contributed by atoms with Gasteiger partial charge in [0.1, 0.15) is 5.60 Å². The van der Waals surface area contributed by atoms with Crippen molar-refractivity contribution in [2.24, 2.45) is 4.99 Å². The third-order valence-electron chi connectivity index (χ3n) is 5.08. The second-order valence-electron chi connectivity index (χ2n) is 8.99. The Morgan fingerprint density at radius 2 is 1.69 bits per heavy atom. The van der Waals surface area contributed by atoms with Crippen molar-refractivity contribution >= 4 is 17.7 Å². The number of piperazine rings is 1. The smallest absolute Gasteiger partial charge is 0.407 e. The molecule has 1 aliphatic rings. The van der Waals surface area contributed by atoms with Crippen LogP contribution in [0.3, 0.4) is 0 Å². The second-order valence-corrected chi connectivity index (χ2v) is 8.99.